The molecule has 1 saturated heterocycles. The van der Waals surface area contributed by atoms with Gasteiger partial charge in [0.15, 0.2) is 0 Å². The minimum absolute atomic E-state index is 0.00323. The van der Waals surface area contributed by atoms with E-state index in [0.29, 0.717) is 23.2 Å². The fraction of sp³-hybridized carbons (Fsp3) is 0.538. The van der Waals surface area contributed by atoms with Crippen LogP contribution >= 0.6 is 23.2 Å². The molecule has 0 spiro atoms. The van der Waals surface area contributed by atoms with Gasteiger partial charge in [0.1, 0.15) is 0 Å². The summed E-state index contributed by atoms with van der Waals surface area (Å²) in [6.07, 6.45) is 0.878. The monoisotopic (exact) mass is 352 g/mol. The Bertz CT molecular complexity index is 595. The Hall–Kier alpha value is -0.370. The van der Waals surface area contributed by atoms with Crippen molar-refractivity contribution in [3.05, 3.63) is 33.8 Å². The van der Waals surface area contributed by atoms with Gasteiger partial charge in [-0.2, -0.15) is 0 Å². The molecule has 0 amide bonds. The average molecular weight is 353 g/mol. The summed E-state index contributed by atoms with van der Waals surface area (Å²) in [5.41, 5.74) is 0.971. The van der Waals surface area contributed by atoms with E-state index in [1.807, 2.05) is 6.07 Å². The zero-order valence-corrected chi connectivity index (χ0v) is 13.9. The fourth-order valence-electron chi connectivity index (χ4n) is 2.30. The molecule has 0 bridgehead atoms. The summed E-state index contributed by atoms with van der Waals surface area (Å²) < 4.78 is 30.8. The minimum Gasteiger partial charge on any atom is -0.375 e. The Morgan fingerprint density at radius 3 is 2.81 bits per heavy atom. The lowest BCUT2D eigenvalue weighted by atomic mass is 9.93. The van der Waals surface area contributed by atoms with Crippen LogP contribution in [0.15, 0.2) is 18.2 Å². The predicted octanol–water partition coefficient (Wildman–Crippen LogP) is 1.61. The highest BCUT2D eigenvalue weighted by molar-refractivity contribution is 7.88. The van der Waals surface area contributed by atoms with Gasteiger partial charge >= 0.3 is 0 Å². The second kappa shape index (κ2) is 7.26. The van der Waals surface area contributed by atoms with Crippen molar-refractivity contribution in [2.24, 2.45) is 0 Å². The molecule has 5 nitrogen and oxygen atoms in total. The van der Waals surface area contributed by atoms with E-state index in [0.717, 1.165) is 18.4 Å². The van der Waals surface area contributed by atoms with Crippen molar-refractivity contribution in [3.8, 4) is 0 Å². The molecule has 1 aromatic carbocycles. The van der Waals surface area contributed by atoms with Crippen molar-refractivity contribution in [1.82, 2.24) is 10.0 Å². The molecule has 118 valence electrons. The van der Waals surface area contributed by atoms with Gasteiger partial charge in [-0.3, -0.25) is 0 Å². The van der Waals surface area contributed by atoms with Crippen molar-refractivity contribution >= 4 is 33.2 Å². The summed E-state index contributed by atoms with van der Waals surface area (Å²) in [6, 6.07) is 5.44. The summed E-state index contributed by atoms with van der Waals surface area (Å²) in [7, 11) is -3.25. The van der Waals surface area contributed by atoms with Crippen LogP contribution in [0.2, 0.25) is 10.0 Å². The summed E-state index contributed by atoms with van der Waals surface area (Å²) in [5.74, 6) is -0.00323. The Morgan fingerprint density at radius 2 is 2.14 bits per heavy atom. The van der Waals surface area contributed by atoms with Crippen molar-refractivity contribution in [2.45, 2.75) is 12.0 Å². The van der Waals surface area contributed by atoms with E-state index < -0.39 is 10.0 Å². The molecular formula is C13H18Cl2N2O3S. The number of ether oxygens (including phenoxy) is 1. The zero-order valence-electron chi connectivity index (χ0n) is 11.6. The third kappa shape index (κ3) is 5.09. The lowest BCUT2D eigenvalue weighted by molar-refractivity contribution is 0.0560. The standard InChI is InChI=1S/C13H18Cl2N2O3S/c1-21(18,19)17-8-13-10(7-16-4-5-20-13)9-2-3-11(14)12(15)6-9/h2-3,6,10,13,16-17H,4-5,7-8H2,1H3/t10?,13-/m1/s1. The fourth-order valence-corrected chi connectivity index (χ4v) is 3.07. The van der Waals surface area contributed by atoms with E-state index in [1.165, 1.54) is 0 Å². The van der Waals surface area contributed by atoms with Crippen LogP contribution in [-0.4, -0.2) is 47.0 Å². The molecule has 1 aliphatic rings. The molecule has 0 radical (unpaired) electrons. The van der Waals surface area contributed by atoms with E-state index in [9.17, 15) is 8.42 Å². The number of halogens is 2. The van der Waals surface area contributed by atoms with Crippen LogP contribution in [0.4, 0.5) is 0 Å². The van der Waals surface area contributed by atoms with Gasteiger partial charge < -0.3 is 10.1 Å². The minimum atomic E-state index is -3.25. The van der Waals surface area contributed by atoms with Crippen molar-refractivity contribution in [1.29, 1.82) is 0 Å². The highest BCUT2D eigenvalue weighted by atomic mass is 35.5. The Labute approximate surface area is 135 Å². The lowest BCUT2D eigenvalue weighted by Gasteiger charge is -2.25. The SMILES string of the molecule is CS(=O)(=O)NC[C@H]1OCCNCC1c1ccc(Cl)c(Cl)c1. The smallest absolute Gasteiger partial charge is 0.208 e. The highest BCUT2D eigenvalue weighted by Gasteiger charge is 2.27. The third-order valence-corrected chi connectivity index (χ3v) is 4.77. The largest absolute Gasteiger partial charge is 0.375 e. The molecule has 0 aromatic heterocycles. The molecular weight excluding hydrogens is 335 g/mol. The lowest BCUT2D eigenvalue weighted by Crippen LogP contribution is -2.38. The molecule has 1 aliphatic heterocycles. The summed E-state index contributed by atoms with van der Waals surface area (Å²) in [6.45, 7) is 2.18. The second-order valence-electron chi connectivity index (χ2n) is 5.01. The topological polar surface area (TPSA) is 67.4 Å². The van der Waals surface area contributed by atoms with Gasteiger partial charge in [0, 0.05) is 25.6 Å². The molecule has 1 heterocycles. The molecule has 2 rings (SSSR count). The van der Waals surface area contributed by atoms with Crippen LogP contribution in [0.25, 0.3) is 0 Å². The van der Waals surface area contributed by atoms with Gasteiger partial charge in [0.05, 0.1) is 29.0 Å². The molecule has 1 aromatic rings. The molecule has 8 heteroatoms. The van der Waals surface area contributed by atoms with E-state index in [-0.39, 0.29) is 18.6 Å². The summed E-state index contributed by atoms with van der Waals surface area (Å²) in [5, 5.41) is 4.25. The van der Waals surface area contributed by atoms with Crippen molar-refractivity contribution in [3.63, 3.8) is 0 Å². The second-order valence-corrected chi connectivity index (χ2v) is 7.66. The first kappa shape index (κ1) is 17.0. The van der Waals surface area contributed by atoms with Crippen LogP contribution in [0.3, 0.4) is 0 Å². The number of rotatable bonds is 4. The molecule has 2 N–H and O–H groups in total. The first-order valence-electron chi connectivity index (χ1n) is 6.59. The molecule has 0 aliphatic carbocycles. The first-order valence-corrected chi connectivity index (χ1v) is 9.23. The van der Waals surface area contributed by atoms with Crippen molar-refractivity contribution < 1.29 is 13.2 Å². The maximum atomic E-state index is 11.3. The highest BCUT2D eigenvalue weighted by Crippen LogP contribution is 2.29. The molecule has 21 heavy (non-hydrogen) atoms. The molecule has 1 unspecified atom stereocenters. The third-order valence-electron chi connectivity index (χ3n) is 3.34. The quantitative estimate of drug-likeness (QED) is 0.863. The number of nitrogens with one attached hydrogen (secondary N) is 2. The molecule has 2 atom stereocenters. The van der Waals surface area contributed by atoms with E-state index in [1.54, 1.807) is 12.1 Å². The Kier molecular flexibility index (Phi) is 5.88. The van der Waals surface area contributed by atoms with Gasteiger partial charge in [0.25, 0.3) is 0 Å². The maximum Gasteiger partial charge on any atom is 0.208 e. The first-order chi connectivity index (χ1) is 9.87. The van der Waals surface area contributed by atoms with Gasteiger partial charge in [-0.25, -0.2) is 13.1 Å². The number of hydrogen-bond donors (Lipinski definition) is 2. The van der Waals surface area contributed by atoms with E-state index in [2.05, 4.69) is 10.0 Å². The van der Waals surface area contributed by atoms with Gasteiger partial charge in [0.2, 0.25) is 10.0 Å². The number of hydrogen-bond acceptors (Lipinski definition) is 4. The zero-order chi connectivity index (χ0) is 15.5. The predicted molar refractivity (Wildman–Crippen MR) is 84.7 cm³/mol. The van der Waals surface area contributed by atoms with E-state index >= 15 is 0 Å². The normalized spacial score (nSPS) is 23.8. The van der Waals surface area contributed by atoms with Gasteiger partial charge in [-0.1, -0.05) is 29.3 Å². The van der Waals surface area contributed by atoms with E-state index in [4.69, 9.17) is 27.9 Å². The van der Waals surface area contributed by atoms with Crippen LogP contribution in [0.1, 0.15) is 11.5 Å². The Morgan fingerprint density at radius 1 is 1.38 bits per heavy atom. The number of benzene rings is 1. The number of sulfonamides is 1. The molecule has 0 saturated carbocycles. The summed E-state index contributed by atoms with van der Waals surface area (Å²) in [4.78, 5) is 0. The van der Waals surface area contributed by atoms with Crippen molar-refractivity contribution in [2.75, 3.05) is 32.5 Å². The Balaban J connectivity index is 2.20. The molecule has 1 fully saturated rings. The van der Waals surface area contributed by atoms with Crippen LogP contribution in [-0.2, 0) is 14.8 Å². The van der Waals surface area contributed by atoms with Crippen LogP contribution in [0.5, 0.6) is 0 Å². The summed E-state index contributed by atoms with van der Waals surface area (Å²) >= 11 is 12.0. The average Bonchev–Trinajstić information content (AvgIpc) is 2.64. The van der Waals surface area contributed by atoms with Crippen LogP contribution in [0, 0.1) is 0 Å². The van der Waals surface area contributed by atoms with Gasteiger partial charge in [-0.15, -0.1) is 0 Å². The maximum absolute atomic E-state index is 11.3. The van der Waals surface area contributed by atoms with Crippen LogP contribution < -0.4 is 10.0 Å². The van der Waals surface area contributed by atoms with Gasteiger partial charge in [-0.05, 0) is 17.7 Å².